The predicted molar refractivity (Wildman–Crippen MR) is 240 cm³/mol. The van der Waals surface area contributed by atoms with Crippen LogP contribution in [0, 0.1) is 6.92 Å². The van der Waals surface area contributed by atoms with Gasteiger partial charge in [0.15, 0.2) is 5.84 Å². The summed E-state index contributed by atoms with van der Waals surface area (Å²) in [5.74, 6) is 1.51. The van der Waals surface area contributed by atoms with Crippen molar-refractivity contribution >= 4 is 17.7 Å². The highest BCUT2D eigenvalue weighted by atomic mass is 15.2. The van der Waals surface area contributed by atoms with Crippen LogP contribution in [0.2, 0.25) is 0 Å². The molecule has 0 amide bonds. The molecule has 3 heteroatoms. The van der Waals surface area contributed by atoms with E-state index in [1.54, 1.807) is 0 Å². The Balaban J connectivity index is 1.08. The summed E-state index contributed by atoms with van der Waals surface area (Å²) in [6.07, 6.45) is 1.68. The normalized spacial score (nSPS) is 13.6. The molecule has 0 aromatic heterocycles. The van der Waals surface area contributed by atoms with Gasteiger partial charge >= 0.3 is 0 Å². The summed E-state index contributed by atoms with van der Waals surface area (Å²) in [4.78, 5) is 10.3. The summed E-state index contributed by atoms with van der Waals surface area (Å²) < 4.78 is 0. The largest absolute Gasteiger partial charge is 0.344 e. The molecular weight excluding hydrogens is 691 g/mol. The number of nitrogens with zero attached hydrogens (tertiary/aromatic N) is 2. The van der Waals surface area contributed by atoms with Crippen molar-refractivity contribution in [1.82, 2.24) is 5.32 Å². The Hall–Kier alpha value is -7.36. The van der Waals surface area contributed by atoms with E-state index in [9.17, 15) is 0 Å². The molecule has 3 nitrogen and oxygen atoms in total. The van der Waals surface area contributed by atoms with Crippen LogP contribution in [0.1, 0.15) is 34.0 Å². The average Bonchev–Trinajstić information content (AvgIpc) is 3.30. The van der Waals surface area contributed by atoms with Crippen LogP contribution in [0.3, 0.4) is 0 Å². The van der Waals surface area contributed by atoms with Gasteiger partial charge in [0.25, 0.3) is 0 Å². The van der Waals surface area contributed by atoms with Gasteiger partial charge in [0.05, 0.1) is 0 Å². The molecule has 57 heavy (non-hydrogen) atoms. The quantitative estimate of drug-likeness (QED) is 0.158. The molecule has 1 aliphatic rings. The third-order valence-electron chi connectivity index (χ3n) is 10.7. The van der Waals surface area contributed by atoms with E-state index in [4.69, 9.17) is 9.98 Å². The van der Waals surface area contributed by atoms with Gasteiger partial charge in [0.2, 0.25) is 0 Å². The SMILES string of the molecule is C=Cc1ccc(-c2ccc(-c3cc(-c4ccccc4)cc(-c4ccccc4)c3)cc2)cc1-c1cccc(C2=NC(c3ccccc3)NC(c3ccccc3)=N2)c1C. The Kier molecular flexibility index (Phi) is 9.79. The Morgan fingerprint density at radius 1 is 0.439 bits per heavy atom. The van der Waals surface area contributed by atoms with Gasteiger partial charge in [-0.15, -0.1) is 0 Å². The molecule has 0 saturated carbocycles. The molecule has 0 saturated heterocycles. The van der Waals surface area contributed by atoms with E-state index in [2.05, 4.69) is 195 Å². The minimum absolute atomic E-state index is 0.266. The smallest absolute Gasteiger partial charge is 0.159 e. The van der Waals surface area contributed by atoms with Crippen LogP contribution in [0.25, 0.3) is 61.7 Å². The number of rotatable bonds is 9. The summed E-state index contributed by atoms with van der Waals surface area (Å²) in [6, 6.07) is 70.7. The zero-order chi connectivity index (χ0) is 38.6. The van der Waals surface area contributed by atoms with Gasteiger partial charge in [0.1, 0.15) is 12.0 Å². The molecule has 0 fully saturated rings. The van der Waals surface area contributed by atoms with E-state index in [1.807, 2.05) is 30.3 Å². The van der Waals surface area contributed by atoms with Gasteiger partial charge in [-0.1, -0.05) is 189 Å². The van der Waals surface area contributed by atoms with Crippen LogP contribution in [-0.2, 0) is 0 Å². The molecule has 0 spiro atoms. The van der Waals surface area contributed by atoms with Gasteiger partial charge in [-0.25, -0.2) is 9.98 Å². The molecule has 1 atom stereocenters. The average molecular weight is 732 g/mol. The van der Waals surface area contributed by atoms with Crippen LogP contribution in [0.5, 0.6) is 0 Å². The predicted octanol–water partition coefficient (Wildman–Crippen LogP) is 13.5. The van der Waals surface area contributed by atoms with E-state index < -0.39 is 0 Å². The Morgan fingerprint density at radius 3 is 1.47 bits per heavy atom. The molecule has 8 aromatic rings. The van der Waals surface area contributed by atoms with Gasteiger partial charge in [-0.05, 0) is 104 Å². The first-order valence-electron chi connectivity index (χ1n) is 19.4. The second-order valence-corrected chi connectivity index (χ2v) is 14.3. The fourth-order valence-electron chi connectivity index (χ4n) is 7.68. The first kappa shape index (κ1) is 35.3. The zero-order valence-electron chi connectivity index (χ0n) is 31.8. The molecule has 9 rings (SSSR count). The van der Waals surface area contributed by atoms with Crippen LogP contribution >= 0.6 is 0 Å². The summed E-state index contributed by atoms with van der Waals surface area (Å²) in [6.45, 7) is 6.37. The second kappa shape index (κ2) is 15.8. The van der Waals surface area contributed by atoms with Crippen molar-refractivity contribution in [2.24, 2.45) is 9.98 Å². The number of benzene rings is 8. The number of amidine groups is 2. The van der Waals surface area contributed by atoms with E-state index in [-0.39, 0.29) is 6.17 Å². The van der Waals surface area contributed by atoms with Gasteiger partial charge in [-0.3, -0.25) is 0 Å². The number of hydrogen-bond donors (Lipinski definition) is 1. The van der Waals surface area contributed by atoms with Crippen molar-refractivity contribution in [2.45, 2.75) is 13.1 Å². The topological polar surface area (TPSA) is 36.8 Å². The number of hydrogen-bond acceptors (Lipinski definition) is 3. The number of nitrogens with one attached hydrogen (secondary N) is 1. The van der Waals surface area contributed by atoms with E-state index >= 15 is 0 Å². The Morgan fingerprint density at radius 2 is 0.912 bits per heavy atom. The maximum Gasteiger partial charge on any atom is 0.159 e. The van der Waals surface area contributed by atoms with Crippen molar-refractivity contribution in [1.29, 1.82) is 0 Å². The summed E-state index contributed by atoms with van der Waals surface area (Å²) in [7, 11) is 0. The van der Waals surface area contributed by atoms with Crippen LogP contribution in [0.4, 0.5) is 0 Å². The van der Waals surface area contributed by atoms with Crippen LogP contribution < -0.4 is 5.32 Å². The molecule has 1 unspecified atom stereocenters. The lowest BCUT2D eigenvalue weighted by molar-refractivity contribution is 0.674. The molecule has 1 heterocycles. The van der Waals surface area contributed by atoms with Crippen molar-refractivity contribution in [3.63, 3.8) is 0 Å². The molecule has 1 aliphatic heterocycles. The molecule has 8 aromatic carbocycles. The van der Waals surface area contributed by atoms with Gasteiger partial charge in [-0.2, -0.15) is 0 Å². The maximum absolute atomic E-state index is 5.18. The van der Waals surface area contributed by atoms with Gasteiger partial charge < -0.3 is 5.32 Å². The van der Waals surface area contributed by atoms with E-state index in [0.29, 0.717) is 5.84 Å². The molecule has 0 aliphatic carbocycles. The monoisotopic (exact) mass is 731 g/mol. The minimum Gasteiger partial charge on any atom is -0.344 e. The van der Waals surface area contributed by atoms with Crippen molar-refractivity contribution in [3.8, 4) is 55.6 Å². The van der Waals surface area contributed by atoms with E-state index in [1.165, 1.54) is 33.4 Å². The highest BCUT2D eigenvalue weighted by Gasteiger charge is 2.23. The third kappa shape index (κ3) is 7.39. The highest BCUT2D eigenvalue weighted by molar-refractivity contribution is 6.14. The third-order valence-corrected chi connectivity index (χ3v) is 10.7. The standard InChI is InChI=1S/C54H41N3/c1-3-38-27-32-45(41-28-30-42(31-29-41)48-34-46(39-17-8-4-9-18-39)33-47(35-48)40-19-10-5-11-20-40)36-51(38)49-25-16-26-50(37(49)2)54-56-52(43-21-12-6-13-22-43)55-53(57-54)44-23-14-7-15-24-44/h3-36,52H,1H2,2H3,(H,55,56,57). The van der Waals surface area contributed by atoms with Gasteiger partial charge in [0, 0.05) is 11.1 Å². The van der Waals surface area contributed by atoms with Crippen LogP contribution in [0.15, 0.2) is 217 Å². The fourth-order valence-corrected chi connectivity index (χ4v) is 7.68. The summed E-state index contributed by atoms with van der Waals surface area (Å²) in [5.41, 5.74) is 17.0. The minimum atomic E-state index is -0.266. The first-order valence-corrected chi connectivity index (χ1v) is 19.4. The Bertz CT molecular complexity index is 2690. The van der Waals surface area contributed by atoms with Crippen molar-refractivity contribution < 1.29 is 0 Å². The molecule has 0 radical (unpaired) electrons. The lowest BCUT2D eigenvalue weighted by atomic mass is 9.89. The summed E-state index contributed by atoms with van der Waals surface area (Å²) in [5, 5.41) is 3.58. The molecule has 1 N–H and O–H groups in total. The molecule has 272 valence electrons. The Labute approximate surface area is 335 Å². The van der Waals surface area contributed by atoms with Crippen LogP contribution in [-0.4, -0.2) is 11.7 Å². The molecular formula is C54H41N3. The summed E-state index contributed by atoms with van der Waals surface area (Å²) >= 11 is 0. The zero-order valence-corrected chi connectivity index (χ0v) is 31.8. The van der Waals surface area contributed by atoms with E-state index in [0.717, 1.165) is 55.9 Å². The fraction of sp³-hybridized carbons (Fsp3) is 0.0370. The maximum atomic E-state index is 5.18. The molecule has 0 bridgehead atoms. The second-order valence-electron chi connectivity index (χ2n) is 14.3. The lowest BCUT2D eigenvalue weighted by Gasteiger charge is -2.24. The highest BCUT2D eigenvalue weighted by Crippen LogP contribution is 2.37. The van der Waals surface area contributed by atoms with Crippen molar-refractivity contribution in [3.05, 3.63) is 235 Å². The van der Waals surface area contributed by atoms with Crippen molar-refractivity contribution in [2.75, 3.05) is 0 Å². The number of aliphatic imine (C=N–C) groups is 2. The first-order chi connectivity index (χ1) is 28.1. The lowest BCUT2D eigenvalue weighted by Crippen LogP contribution is -2.33.